The van der Waals surface area contributed by atoms with E-state index in [1.165, 1.54) is 12.5 Å². The van der Waals surface area contributed by atoms with Crippen molar-refractivity contribution in [1.82, 2.24) is 9.88 Å². The van der Waals surface area contributed by atoms with Crippen molar-refractivity contribution in [3.05, 3.63) is 46.9 Å². The Balaban J connectivity index is 1.62. The summed E-state index contributed by atoms with van der Waals surface area (Å²) in [6.07, 6.45) is 4.26. The van der Waals surface area contributed by atoms with Crippen molar-refractivity contribution >= 4 is 33.1 Å². The van der Waals surface area contributed by atoms with Crippen molar-refractivity contribution in [2.45, 2.75) is 43.0 Å². The van der Waals surface area contributed by atoms with E-state index in [2.05, 4.69) is 16.8 Å². The van der Waals surface area contributed by atoms with Gasteiger partial charge in [0.1, 0.15) is 16.7 Å². The number of nitrogens with zero attached hydrogens (tertiary/aromatic N) is 3. The summed E-state index contributed by atoms with van der Waals surface area (Å²) in [5.41, 5.74) is -0.0308. The smallest absolute Gasteiger partial charge is 0.268 e. The fraction of sp³-hybridized carbons (Fsp3) is 0.476. The van der Waals surface area contributed by atoms with Crippen LogP contribution >= 0.6 is 11.6 Å². The van der Waals surface area contributed by atoms with Crippen molar-refractivity contribution in [3.8, 4) is 0 Å². The van der Waals surface area contributed by atoms with Gasteiger partial charge in [-0.2, -0.15) is 4.39 Å². The Kier molecular flexibility index (Phi) is 6.30. The van der Waals surface area contributed by atoms with Gasteiger partial charge >= 0.3 is 0 Å². The Bertz CT molecular complexity index is 1130. The predicted molar refractivity (Wildman–Crippen MR) is 117 cm³/mol. The van der Waals surface area contributed by atoms with Crippen LogP contribution in [0.4, 0.5) is 24.7 Å². The highest BCUT2D eigenvalue weighted by Gasteiger charge is 2.41. The van der Waals surface area contributed by atoms with E-state index >= 15 is 4.39 Å². The van der Waals surface area contributed by atoms with Gasteiger partial charge in [-0.1, -0.05) is 24.1 Å². The molecule has 4 rings (SSSR count). The second-order valence-electron chi connectivity index (χ2n) is 8.50. The number of piperidine rings is 1. The van der Waals surface area contributed by atoms with Gasteiger partial charge in [0, 0.05) is 24.7 Å². The Morgan fingerprint density at radius 2 is 1.84 bits per heavy atom. The number of hydrogen-bond acceptors (Lipinski definition) is 5. The first kappa shape index (κ1) is 23.1. The molecule has 0 saturated carbocycles. The van der Waals surface area contributed by atoms with Crippen LogP contribution in [0.3, 0.4) is 0 Å². The zero-order chi connectivity index (χ0) is 23.1. The lowest BCUT2D eigenvalue weighted by molar-refractivity contribution is 0.0978. The van der Waals surface area contributed by atoms with Gasteiger partial charge in [-0.3, -0.25) is 9.62 Å². The second kappa shape index (κ2) is 8.72. The van der Waals surface area contributed by atoms with E-state index in [9.17, 15) is 17.2 Å². The molecular weight excluding hydrogens is 465 g/mol. The molecule has 3 heterocycles. The maximum absolute atomic E-state index is 15.1. The standard InChI is InChI=1S/C21H24ClF3N4O2S/c1-21(29-9-3-2-4-10-29)8-11-28(13-21)15-12-14(23)20(19(25)18(15)22)32(30,31)27-17-7-5-6-16(24)26-17/h5-7,12H,2-4,8-11,13H2,1H3,(H,26,27)/t21-/m1/s1. The molecule has 1 atom stereocenters. The first-order valence-corrected chi connectivity index (χ1v) is 12.3. The van der Waals surface area contributed by atoms with Crippen LogP contribution in [0.1, 0.15) is 32.6 Å². The molecule has 6 nitrogen and oxygen atoms in total. The Morgan fingerprint density at radius 3 is 2.53 bits per heavy atom. The quantitative estimate of drug-likeness (QED) is 0.499. The predicted octanol–water partition coefficient (Wildman–Crippen LogP) is 4.41. The van der Waals surface area contributed by atoms with Gasteiger partial charge in [0.05, 0.1) is 5.69 Å². The molecule has 2 aliphatic rings. The lowest BCUT2D eigenvalue weighted by Crippen LogP contribution is -2.50. The van der Waals surface area contributed by atoms with Gasteiger partial charge in [-0.15, -0.1) is 0 Å². The average molecular weight is 489 g/mol. The molecule has 0 aliphatic carbocycles. The van der Waals surface area contributed by atoms with Crippen LogP contribution in [-0.4, -0.2) is 50.0 Å². The number of benzene rings is 1. The van der Waals surface area contributed by atoms with Crippen molar-refractivity contribution < 1.29 is 21.6 Å². The summed E-state index contributed by atoms with van der Waals surface area (Å²) >= 11 is 6.20. The number of likely N-dealkylation sites (tertiary alicyclic amines) is 1. The molecule has 174 valence electrons. The largest absolute Gasteiger partial charge is 0.368 e. The fourth-order valence-electron chi connectivity index (χ4n) is 4.54. The van der Waals surface area contributed by atoms with Crippen molar-refractivity contribution in [1.29, 1.82) is 0 Å². The minimum Gasteiger partial charge on any atom is -0.368 e. The molecule has 32 heavy (non-hydrogen) atoms. The molecule has 11 heteroatoms. The van der Waals surface area contributed by atoms with Crippen molar-refractivity contribution in [2.75, 3.05) is 35.8 Å². The minimum absolute atomic E-state index is 0.116. The van der Waals surface area contributed by atoms with E-state index in [1.807, 2.05) is 4.72 Å². The number of aromatic nitrogens is 1. The summed E-state index contributed by atoms with van der Waals surface area (Å²) in [7, 11) is -4.73. The number of halogens is 4. The summed E-state index contributed by atoms with van der Waals surface area (Å²) in [4.78, 5) is 6.33. The summed E-state index contributed by atoms with van der Waals surface area (Å²) in [6.45, 7) is 5.18. The number of nitrogens with one attached hydrogen (secondary N) is 1. The van der Waals surface area contributed by atoms with E-state index in [1.54, 1.807) is 4.90 Å². The monoisotopic (exact) mass is 488 g/mol. The third kappa shape index (κ3) is 4.40. The summed E-state index contributed by atoms with van der Waals surface area (Å²) in [5, 5.41) is -0.470. The highest BCUT2D eigenvalue weighted by molar-refractivity contribution is 7.92. The third-order valence-electron chi connectivity index (χ3n) is 6.23. The summed E-state index contributed by atoms with van der Waals surface area (Å²) in [6, 6.07) is 4.34. The maximum Gasteiger partial charge on any atom is 0.268 e. The van der Waals surface area contributed by atoms with Crippen LogP contribution in [0.15, 0.2) is 29.2 Å². The highest BCUT2D eigenvalue weighted by Crippen LogP contribution is 2.39. The number of hydrogen-bond donors (Lipinski definition) is 1. The molecule has 1 N–H and O–H groups in total. The van der Waals surface area contributed by atoms with Crippen LogP contribution in [0, 0.1) is 17.6 Å². The topological polar surface area (TPSA) is 65.5 Å². The molecular formula is C21H24ClF3N4O2S. The summed E-state index contributed by atoms with van der Waals surface area (Å²) in [5.74, 6) is -4.01. The number of pyridine rings is 1. The fourth-order valence-corrected chi connectivity index (χ4v) is 6.01. The third-order valence-corrected chi connectivity index (χ3v) is 7.98. The number of sulfonamides is 1. The van der Waals surface area contributed by atoms with Gasteiger partial charge in [0.15, 0.2) is 10.7 Å². The van der Waals surface area contributed by atoms with Crippen molar-refractivity contribution in [2.24, 2.45) is 0 Å². The lowest BCUT2D eigenvalue weighted by atomic mass is 9.95. The van der Waals surface area contributed by atoms with E-state index in [4.69, 9.17) is 11.6 Å². The van der Waals surface area contributed by atoms with Crippen LogP contribution in [0.5, 0.6) is 0 Å². The van der Waals surface area contributed by atoms with Crippen molar-refractivity contribution in [3.63, 3.8) is 0 Å². The molecule has 2 fully saturated rings. The molecule has 2 aliphatic heterocycles. The van der Waals surface area contributed by atoms with Gasteiger partial charge in [0.2, 0.25) is 5.95 Å². The molecule has 0 amide bonds. The Labute approximate surface area is 190 Å². The van der Waals surface area contributed by atoms with E-state index in [0.717, 1.165) is 50.6 Å². The maximum atomic E-state index is 15.1. The second-order valence-corrected chi connectivity index (χ2v) is 10.5. The first-order valence-electron chi connectivity index (χ1n) is 10.4. The molecule has 1 aromatic carbocycles. The van der Waals surface area contributed by atoms with Crippen LogP contribution in [-0.2, 0) is 10.0 Å². The van der Waals surface area contributed by atoms with E-state index in [0.29, 0.717) is 13.1 Å². The number of anilines is 2. The lowest BCUT2D eigenvalue weighted by Gasteiger charge is -2.41. The van der Waals surface area contributed by atoms with Crippen LogP contribution in [0.2, 0.25) is 5.02 Å². The average Bonchev–Trinajstić information content (AvgIpc) is 3.14. The zero-order valence-electron chi connectivity index (χ0n) is 17.5. The SMILES string of the molecule is C[C@@]1(N2CCCCC2)CCN(c2cc(F)c(S(=O)(=O)Nc3cccc(F)n3)c(F)c2Cl)C1. The molecule has 0 spiro atoms. The van der Waals surface area contributed by atoms with Gasteiger partial charge in [0.25, 0.3) is 10.0 Å². The minimum atomic E-state index is -4.73. The molecule has 2 saturated heterocycles. The highest BCUT2D eigenvalue weighted by atomic mass is 35.5. The Morgan fingerprint density at radius 1 is 1.12 bits per heavy atom. The van der Waals surface area contributed by atoms with E-state index in [-0.39, 0.29) is 11.2 Å². The molecule has 1 aromatic heterocycles. The van der Waals surface area contributed by atoms with Gasteiger partial charge in [-0.05, 0) is 51.4 Å². The number of rotatable bonds is 5. The van der Waals surface area contributed by atoms with Crippen LogP contribution < -0.4 is 9.62 Å². The first-order chi connectivity index (χ1) is 15.1. The van der Waals surface area contributed by atoms with Gasteiger partial charge < -0.3 is 4.90 Å². The van der Waals surface area contributed by atoms with Gasteiger partial charge in [-0.25, -0.2) is 22.2 Å². The summed E-state index contributed by atoms with van der Waals surface area (Å²) < 4.78 is 70.4. The van der Waals surface area contributed by atoms with E-state index < -0.39 is 43.3 Å². The normalized spacial score (nSPS) is 22.3. The molecule has 0 radical (unpaired) electrons. The molecule has 2 aromatic rings. The molecule has 0 unspecified atom stereocenters. The van der Waals surface area contributed by atoms with Crippen LogP contribution in [0.25, 0.3) is 0 Å². The Hall–Kier alpha value is -2.04. The zero-order valence-corrected chi connectivity index (χ0v) is 19.1. The molecule has 0 bridgehead atoms.